The largest absolute Gasteiger partial charge is 0.481 e. The van der Waals surface area contributed by atoms with Crippen LogP contribution >= 0.6 is 11.6 Å². The minimum Gasteiger partial charge on any atom is -0.481 e. The molecule has 0 spiro atoms. The van der Waals surface area contributed by atoms with Crippen LogP contribution in [0.1, 0.15) is 12.8 Å². The summed E-state index contributed by atoms with van der Waals surface area (Å²) in [7, 11) is 0. The molecule has 0 aromatic heterocycles. The summed E-state index contributed by atoms with van der Waals surface area (Å²) in [6, 6.07) is 3.77. The second kappa shape index (κ2) is 6.87. The predicted octanol–water partition coefficient (Wildman–Crippen LogP) is 2.21. The molecular formula is C14H16ClFN2O3. The molecule has 1 atom stereocenters. The Morgan fingerprint density at radius 1 is 1.48 bits per heavy atom. The van der Waals surface area contributed by atoms with E-state index < -0.39 is 11.8 Å². The Morgan fingerprint density at radius 3 is 2.90 bits per heavy atom. The summed E-state index contributed by atoms with van der Waals surface area (Å²) in [4.78, 5) is 24.5. The molecule has 2 rings (SSSR count). The molecule has 21 heavy (non-hydrogen) atoms. The zero-order valence-corrected chi connectivity index (χ0v) is 12.1. The van der Waals surface area contributed by atoms with Crippen molar-refractivity contribution in [1.82, 2.24) is 4.90 Å². The predicted molar refractivity (Wildman–Crippen MR) is 76.8 cm³/mol. The highest BCUT2D eigenvalue weighted by atomic mass is 35.5. The molecule has 1 aliphatic rings. The fraction of sp³-hybridized carbons (Fsp3) is 0.429. The van der Waals surface area contributed by atoms with E-state index in [0.29, 0.717) is 18.8 Å². The average Bonchev–Trinajstić information content (AvgIpc) is 2.79. The number of hydrogen-bond donors (Lipinski definition) is 2. The molecule has 1 aromatic carbocycles. The first-order chi connectivity index (χ1) is 9.94. The van der Waals surface area contributed by atoms with Crippen molar-refractivity contribution in [2.75, 3.05) is 25.0 Å². The van der Waals surface area contributed by atoms with E-state index in [1.165, 1.54) is 12.1 Å². The van der Waals surface area contributed by atoms with Gasteiger partial charge in [-0.25, -0.2) is 4.39 Å². The summed E-state index contributed by atoms with van der Waals surface area (Å²) in [5, 5.41) is 11.5. The van der Waals surface area contributed by atoms with Crippen molar-refractivity contribution >= 4 is 29.2 Å². The van der Waals surface area contributed by atoms with Crippen molar-refractivity contribution < 1.29 is 19.1 Å². The summed E-state index contributed by atoms with van der Waals surface area (Å²) in [5.74, 6) is -1.44. The first kappa shape index (κ1) is 15.7. The summed E-state index contributed by atoms with van der Waals surface area (Å²) in [6.45, 7) is 1.46. The molecule has 0 bridgehead atoms. The third kappa shape index (κ3) is 4.68. The zero-order chi connectivity index (χ0) is 15.4. The Morgan fingerprint density at radius 2 is 2.24 bits per heavy atom. The number of anilines is 1. The van der Waals surface area contributed by atoms with Crippen molar-refractivity contribution in [3.8, 4) is 0 Å². The summed E-state index contributed by atoms with van der Waals surface area (Å²) >= 11 is 5.84. The lowest BCUT2D eigenvalue weighted by Crippen LogP contribution is -2.31. The van der Waals surface area contributed by atoms with E-state index in [4.69, 9.17) is 16.7 Å². The number of nitrogens with zero attached hydrogens (tertiary/aromatic N) is 1. The van der Waals surface area contributed by atoms with Gasteiger partial charge in [0, 0.05) is 13.0 Å². The van der Waals surface area contributed by atoms with Gasteiger partial charge in [-0.1, -0.05) is 11.6 Å². The zero-order valence-electron chi connectivity index (χ0n) is 11.3. The normalized spacial score (nSPS) is 18.7. The van der Waals surface area contributed by atoms with Gasteiger partial charge in [-0.05, 0) is 37.1 Å². The number of carbonyl (C=O) groups excluding carboxylic acids is 1. The van der Waals surface area contributed by atoms with Gasteiger partial charge in [-0.15, -0.1) is 0 Å². The number of carboxylic acids is 1. The van der Waals surface area contributed by atoms with Crippen LogP contribution in [0.3, 0.4) is 0 Å². The maximum Gasteiger partial charge on any atom is 0.303 e. The maximum absolute atomic E-state index is 12.9. The quantitative estimate of drug-likeness (QED) is 0.874. The van der Waals surface area contributed by atoms with Crippen LogP contribution in [-0.4, -0.2) is 41.5 Å². The number of hydrogen-bond acceptors (Lipinski definition) is 3. The van der Waals surface area contributed by atoms with Gasteiger partial charge in [0.2, 0.25) is 5.91 Å². The van der Waals surface area contributed by atoms with E-state index in [9.17, 15) is 14.0 Å². The standard InChI is InChI=1S/C14H16ClFN2O3/c15-11-6-10(16)1-2-12(11)17-13(19)8-18-4-3-9(7-18)5-14(20)21/h1-2,6,9H,3-5,7-8H2,(H,17,19)(H,20,21). The van der Waals surface area contributed by atoms with Crippen LogP contribution in [0.25, 0.3) is 0 Å². The molecule has 1 amide bonds. The lowest BCUT2D eigenvalue weighted by molar-refractivity contribution is -0.138. The van der Waals surface area contributed by atoms with E-state index in [1.54, 1.807) is 0 Å². The molecule has 2 N–H and O–H groups in total. The van der Waals surface area contributed by atoms with Crippen LogP contribution in [-0.2, 0) is 9.59 Å². The molecule has 5 nitrogen and oxygen atoms in total. The Hall–Kier alpha value is -1.66. The van der Waals surface area contributed by atoms with Crippen molar-refractivity contribution in [3.63, 3.8) is 0 Å². The number of likely N-dealkylation sites (tertiary alicyclic amines) is 1. The summed E-state index contributed by atoms with van der Waals surface area (Å²) < 4.78 is 12.9. The van der Waals surface area contributed by atoms with Gasteiger partial charge in [0.25, 0.3) is 0 Å². The van der Waals surface area contributed by atoms with Gasteiger partial charge < -0.3 is 10.4 Å². The number of halogens is 2. The van der Waals surface area contributed by atoms with Crippen LogP contribution in [0.15, 0.2) is 18.2 Å². The summed E-state index contributed by atoms with van der Waals surface area (Å²) in [5.41, 5.74) is 0.365. The van der Waals surface area contributed by atoms with Crippen LogP contribution in [0.4, 0.5) is 10.1 Å². The van der Waals surface area contributed by atoms with Gasteiger partial charge in [0.05, 0.1) is 17.3 Å². The van der Waals surface area contributed by atoms with E-state index in [1.807, 2.05) is 4.90 Å². The molecule has 1 aromatic rings. The van der Waals surface area contributed by atoms with Crippen molar-refractivity contribution in [2.45, 2.75) is 12.8 Å². The van der Waals surface area contributed by atoms with Crippen LogP contribution in [0.5, 0.6) is 0 Å². The minimum atomic E-state index is -0.815. The van der Waals surface area contributed by atoms with E-state index in [2.05, 4.69) is 5.32 Å². The lowest BCUT2D eigenvalue weighted by atomic mass is 10.1. The maximum atomic E-state index is 12.9. The molecule has 7 heteroatoms. The number of carboxylic acid groups (broad SMARTS) is 1. The molecule has 0 radical (unpaired) electrons. The number of carbonyl (C=O) groups is 2. The van der Waals surface area contributed by atoms with Crippen LogP contribution < -0.4 is 5.32 Å². The van der Waals surface area contributed by atoms with E-state index >= 15 is 0 Å². The molecule has 1 unspecified atom stereocenters. The molecule has 1 heterocycles. The van der Waals surface area contributed by atoms with Gasteiger partial charge in [0.15, 0.2) is 0 Å². The van der Waals surface area contributed by atoms with E-state index in [0.717, 1.165) is 12.5 Å². The van der Waals surface area contributed by atoms with Gasteiger partial charge in [0.1, 0.15) is 5.82 Å². The highest BCUT2D eigenvalue weighted by Gasteiger charge is 2.25. The number of benzene rings is 1. The number of aliphatic carboxylic acids is 1. The minimum absolute atomic E-state index is 0.0877. The first-order valence-corrected chi connectivity index (χ1v) is 7.01. The highest BCUT2D eigenvalue weighted by Crippen LogP contribution is 2.23. The Kier molecular flexibility index (Phi) is 5.14. The number of nitrogens with one attached hydrogen (secondary N) is 1. The van der Waals surface area contributed by atoms with Gasteiger partial charge in [-0.3, -0.25) is 14.5 Å². The fourth-order valence-corrected chi connectivity index (χ4v) is 2.67. The molecule has 0 aliphatic carbocycles. The molecule has 114 valence electrons. The van der Waals surface area contributed by atoms with Crippen molar-refractivity contribution in [1.29, 1.82) is 0 Å². The van der Waals surface area contributed by atoms with Gasteiger partial charge >= 0.3 is 5.97 Å². The molecular weight excluding hydrogens is 299 g/mol. The first-order valence-electron chi connectivity index (χ1n) is 6.63. The second-order valence-corrected chi connectivity index (χ2v) is 5.57. The van der Waals surface area contributed by atoms with Crippen molar-refractivity contribution in [2.24, 2.45) is 5.92 Å². The Bertz CT molecular complexity index is 553. The molecule has 0 saturated carbocycles. The van der Waals surface area contributed by atoms with E-state index in [-0.39, 0.29) is 29.8 Å². The average molecular weight is 315 g/mol. The SMILES string of the molecule is O=C(O)CC1CCN(CC(=O)Nc2ccc(F)cc2Cl)C1. The summed E-state index contributed by atoms with van der Waals surface area (Å²) in [6.07, 6.45) is 0.902. The topological polar surface area (TPSA) is 69.6 Å². The Balaban J connectivity index is 1.84. The molecule has 1 fully saturated rings. The third-order valence-electron chi connectivity index (χ3n) is 3.41. The lowest BCUT2D eigenvalue weighted by Gasteiger charge is -2.15. The third-order valence-corrected chi connectivity index (χ3v) is 3.72. The Labute approximate surface area is 126 Å². The van der Waals surface area contributed by atoms with Crippen molar-refractivity contribution in [3.05, 3.63) is 29.0 Å². The highest BCUT2D eigenvalue weighted by molar-refractivity contribution is 6.33. The smallest absolute Gasteiger partial charge is 0.303 e. The van der Waals surface area contributed by atoms with Crippen LogP contribution in [0.2, 0.25) is 5.02 Å². The fourth-order valence-electron chi connectivity index (χ4n) is 2.45. The second-order valence-electron chi connectivity index (χ2n) is 5.16. The monoisotopic (exact) mass is 314 g/mol. The molecule has 1 saturated heterocycles. The van der Waals surface area contributed by atoms with Gasteiger partial charge in [-0.2, -0.15) is 0 Å². The van der Waals surface area contributed by atoms with Crippen LogP contribution in [0, 0.1) is 11.7 Å². The number of rotatable bonds is 5. The number of amides is 1. The molecule has 1 aliphatic heterocycles.